The molecule has 28 heavy (non-hydrogen) atoms. The number of anilines is 1. The van der Waals surface area contributed by atoms with Gasteiger partial charge >= 0.3 is 0 Å². The molecule has 0 saturated carbocycles. The van der Waals surface area contributed by atoms with E-state index in [2.05, 4.69) is 19.2 Å². The number of carbonyl (C=O) groups excluding carboxylic acids is 1. The van der Waals surface area contributed by atoms with Gasteiger partial charge in [-0.2, -0.15) is 0 Å². The van der Waals surface area contributed by atoms with Gasteiger partial charge in [-0.3, -0.25) is 4.79 Å². The van der Waals surface area contributed by atoms with E-state index in [0.717, 1.165) is 22.4 Å². The van der Waals surface area contributed by atoms with Crippen molar-refractivity contribution in [3.8, 4) is 5.75 Å². The quantitative estimate of drug-likeness (QED) is 0.512. The minimum Gasteiger partial charge on any atom is -0.488 e. The molecule has 144 valence electrons. The first-order valence-electron chi connectivity index (χ1n) is 9.33. The number of amides is 1. The van der Waals surface area contributed by atoms with Crippen LogP contribution in [0.4, 0.5) is 5.69 Å². The van der Waals surface area contributed by atoms with Gasteiger partial charge in [0.15, 0.2) is 0 Å². The molecule has 0 atom stereocenters. The highest BCUT2D eigenvalue weighted by Crippen LogP contribution is 2.30. The third kappa shape index (κ3) is 4.73. The smallest absolute Gasteiger partial charge is 0.259 e. The van der Waals surface area contributed by atoms with E-state index in [4.69, 9.17) is 16.3 Å². The Morgan fingerprint density at radius 1 is 1.04 bits per heavy atom. The van der Waals surface area contributed by atoms with Gasteiger partial charge in [0.25, 0.3) is 5.91 Å². The zero-order chi connectivity index (χ0) is 20.1. The number of benzene rings is 3. The summed E-state index contributed by atoms with van der Waals surface area (Å²) >= 11 is 6.16. The fourth-order valence-electron chi connectivity index (χ4n) is 3.06. The van der Waals surface area contributed by atoms with Crippen molar-refractivity contribution < 1.29 is 9.53 Å². The van der Waals surface area contributed by atoms with Crippen LogP contribution in [-0.2, 0) is 6.61 Å². The van der Waals surface area contributed by atoms with Crippen LogP contribution in [-0.4, -0.2) is 5.91 Å². The normalized spacial score (nSPS) is 10.8. The van der Waals surface area contributed by atoms with E-state index in [0.29, 0.717) is 28.9 Å². The van der Waals surface area contributed by atoms with Crippen LogP contribution < -0.4 is 10.1 Å². The molecule has 0 spiro atoms. The zero-order valence-electron chi connectivity index (χ0n) is 16.3. The zero-order valence-corrected chi connectivity index (χ0v) is 17.1. The third-order valence-electron chi connectivity index (χ3n) is 4.59. The summed E-state index contributed by atoms with van der Waals surface area (Å²) in [6.45, 7) is 6.59. The summed E-state index contributed by atoms with van der Waals surface area (Å²) in [5, 5.41) is 3.56. The number of ether oxygens (including phenoxy) is 1. The molecule has 3 aromatic rings. The van der Waals surface area contributed by atoms with Crippen LogP contribution in [0.2, 0.25) is 5.02 Å². The molecule has 0 aliphatic rings. The maximum Gasteiger partial charge on any atom is 0.259 e. The van der Waals surface area contributed by atoms with Crippen molar-refractivity contribution in [3.63, 3.8) is 0 Å². The lowest BCUT2D eigenvalue weighted by Gasteiger charge is -2.18. The topological polar surface area (TPSA) is 38.3 Å². The average molecular weight is 394 g/mol. The number of aryl methyl sites for hydroxylation is 1. The van der Waals surface area contributed by atoms with Gasteiger partial charge in [-0.25, -0.2) is 0 Å². The fourth-order valence-corrected chi connectivity index (χ4v) is 3.24. The van der Waals surface area contributed by atoms with E-state index in [1.54, 1.807) is 18.2 Å². The van der Waals surface area contributed by atoms with Crippen LogP contribution in [0.3, 0.4) is 0 Å². The molecule has 1 N–H and O–H groups in total. The summed E-state index contributed by atoms with van der Waals surface area (Å²) in [6, 6.07) is 21.0. The number of halogens is 1. The van der Waals surface area contributed by atoms with Gasteiger partial charge < -0.3 is 10.1 Å². The first kappa shape index (κ1) is 20.0. The molecule has 0 unspecified atom stereocenters. The Bertz CT molecular complexity index is 968. The molecule has 0 aromatic heterocycles. The summed E-state index contributed by atoms with van der Waals surface area (Å²) in [5.41, 5.74) is 4.41. The molecule has 0 fully saturated rings. The van der Waals surface area contributed by atoms with Gasteiger partial charge in [0.1, 0.15) is 12.4 Å². The summed E-state index contributed by atoms with van der Waals surface area (Å²) in [6.07, 6.45) is 0. The van der Waals surface area contributed by atoms with Gasteiger partial charge in [0.2, 0.25) is 0 Å². The van der Waals surface area contributed by atoms with Gasteiger partial charge in [-0.05, 0) is 47.7 Å². The lowest BCUT2D eigenvalue weighted by molar-refractivity contribution is 0.102. The molecule has 0 bridgehead atoms. The van der Waals surface area contributed by atoms with Gasteiger partial charge in [0.05, 0.1) is 5.56 Å². The van der Waals surface area contributed by atoms with Crippen molar-refractivity contribution in [1.82, 2.24) is 0 Å². The molecule has 1 amide bonds. The first-order valence-corrected chi connectivity index (χ1v) is 9.70. The Morgan fingerprint density at radius 3 is 2.50 bits per heavy atom. The molecular weight excluding hydrogens is 370 g/mol. The van der Waals surface area contributed by atoms with Crippen LogP contribution in [0.1, 0.15) is 46.8 Å². The molecule has 4 heteroatoms. The molecule has 0 aliphatic heterocycles. The highest BCUT2D eigenvalue weighted by atomic mass is 35.5. The summed E-state index contributed by atoms with van der Waals surface area (Å²) in [4.78, 5) is 13.1. The van der Waals surface area contributed by atoms with E-state index in [9.17, 15) is 4.79 Å². The van der Waals surface area contributed by atoms with Gasteiger partial charge in [0, 0.05) is 10.7 Å². The van der Waals surface area contributed by atoms with Crippen LogP contribution in [0.5, 0.6) is 5.75 Å². The highest BCUT2D eigenvalue weighted by Gasteiger charge is 2.17. The highest BCUT2D eigenvalue weighted by molar-refractivity contribution is 6.31. The number of nitrogens with one attached hydrogen (secondary N) is 1. The minimum atomic E-state index is -0.234. The molecule has 0 heterocycles. The van der Waals surface area contributed by atoms with E-state index < -0.39 is 0 Å². The maximum atomic E-state index is 13.1. The Labute approximate surface area is 171 Å². The van der Waals surface area contributed by atoms with Crippen LogP contribution >= 0.6 is 11.6 Å². The second-order valence-electron chi connectivity index (χ2n) is 7.06. The maximum absolute atomic E-state index is 13.1. The Morgan fingerprint density at radius 2 is 1.79 bits per heavy atom. The summed E-state index contributed by atoms with van der Waals surface area (Å²) in [7, 11) is 0. The first-order chi connectivity index (χ1) is 13.5. The number of hydrogen-bond acceptors (Lipinski definition) is 2. The van der Waals surface area contributed by atoms with Gasteiger partial charge in [-0.1, -0.05) is 74.0 Å². The predicted octanol–water partition coefficient (Wildman–Crippen LogP) is 6.60. The standard InChI is InChI=1S/C24H24ClNO2/c1-16(2)20-11-7-8-17(3)23(20)26-24(27)21-14-19(25)12-13-22(21)28-15-18-9-5-4-6-10-18/h4-14,16H,15H2,1-3H3,(H,26,27). The van der Waals surface area contributed by atoms with Gasteiger partial charge in [-0.15, -0.1) is 0 Å². The van der Waals surface area contributed by atoms with Crippen molar-refractivity contribution in [2.75, 3.05) is 5.32 Å². The molecule has 3 nitrogen and oxygen atoms in total. The van der Waals surface area contributed by atoms with Crippen molar-refractivity contribution in [1.29, 1.82) is 0 Å². The van der Waals surface area contributed by atoms with E-state index in [-0.39, 0.29) is 5.91 Å². The lowest BCUT2D eigenvalue weighted by Crippen LogP contribution is -2.16. The average Bonchev–Trinajstić information content (AvgIpc) is 2.69. The fraction of sp³-hybridized carbons (Fsp3) is 0.208. The van der Waals surface area contributed by atoms with E-state index in [1.807, 2.05) is 55.5 Å². The SMILES string of the molecule is Cc1cccc(C(C)C)c1NC(=O)c1cc(Cl)ccc1OCc1ccccc1. The Balaban J connectivity index is 1.87. The minimum absolute atomic E-state index is 0.234. The number of para-hydroxylation sites is 1. The molecule has 3 rings (SSSR count). The molecular formula is C24H24ClNO2. The van der Waals surface area contributed by atoms with Crippen molar-refractivity contribution >= 4 is 23.2 Å². The number of rotatable bonds is 6. The molecule has 0 saturated heterocycles. The summed E-state index contributed by atoms with van der Waals surface area (Å²) < 4.78 is 5.93. The second-order valence-corrected chi connectivity index (χ2v) is 7.50. The lowest BCUT2D eigenvalue weighted by atomic mass is 9.98. The van der Waals surface area contributed by atoms with Crippen molar-refractivity contribution in [2.24, 2.45) is 0 Å². The predicted molar refractivity (Wildman–Crippen MR) is 115 cm³/mol. The second kappa shape index (κ2) is 8.94. The van der Waals surface area contributed by atoms with Crippen LogP contribution in [0, 0.1) is 6.92 Å². The summed E-state index contributed by atoms with van der Waals surface area (Å²) in [5.74, 6) is 0.565. The van der Waals surface area contributed by atoms with E-state index in [1.165, 1.54) is 0 Å². The number of hydrogen-bond donors (Lipinski definition) is 1. The monoisotopic (exact) mass is 393 g/mol. The van der Waals surface area contributed by atoms with E-state index >= 15 is 0 Å². The largest absolute Gasteiger partial charge is 0.488 e. The molecule has 0 aliphatic carbocycles. The third-order valence-corrected chi connectivity index (χ3v) is 4.82. The van der Waals surface area contributed by atoms with Crippen LogP contribution in [0.25, 0.3) is 0 Å². The molecule has 3 aromatic carbocycles. The Kier molecular flexibility index (Phi) is 6.37. The number of carbonyl (C=O) groups is 1. The Hall–Kier alpha value is -2.78. The van der Waals surface area contributed by atoms with Crippen molar-refractivity contribution in [3.05, 3.63) is 94.0 Å². The molecule has 0 radical (unpaired) electrons. The van der Waals surface area contributed by atoms with Crippen molar-refractivity contribution in [2.45, 2.75) is 33.3 Å². The van der Waals surface area contributed by atoms with Crippen LogP contribution in [0.15, 0.2) is 66.7 Å².